The van der Waals surface area contributed by atoms with Gasteiger partial charge >= 0.3 is 0 Å². The number of hydrogen-bond acceptors (Lipinski definition) is 3. The molecule has 0 atom stereocenters. The van der Waals surface area contributed by atoms with Crippen molar-refractivity contribution in [1.82, 2.24) is 0 Å². The Labute approximate surface area is 104 Å². The highest BCUT2D eigenvalue weighted by Crippen LogP contribution is 2.32. The number of anilines is 2. The van der Waals surface area contributed by atoms with Gasteiger partial charge in [-0.15, -0.1) is 0 Å². The average molecular weight is 234 g/mol. The summed E-state index contributed by atoms with van der Waals surface area (Å²) >= 11 is 0. The van der Waals surface area contributed by atoms with E-state index in [2.05, 4.69) is 11.9 Å². The number of ether oxygens (including phenoxy) is 1. The van der Waals surface area contributed by atoms with Gasteiger partial charge in [-0.3, -0.25) is 0 Å². The molecule has 94 valence electrons. The van der Waals surface area contributed by atoms with Crippen LogP contribution in [0.25, 0.3) is 0 Å². The molecule has 3 nitrogen and oxygen atoms in total. The molecule has 3 heteroatoms. The van der Waals surface area contributed by atoms with Gasteiger partial charge in [0.15, 0.2) is 0 Å². The summed E-state index contributed by atoms with van der Waals surface area (Å²) in [5, 5.41) is 0. The van der Waals surface area contributed by atoms with Crippen LogP contribution < -0.4 is 15.4 Å². The number of nitrogen functional groups attached to an aromatic ring is 1. The lowest BCUT2D eigenvalue weighted by atomic mass is 9.94. The highest BCUT2D eigenvalue weighted by molar-refractivity contribution is 5.69. The van der Waals surface area contributed by atoms with E-state index in [4.69, 9.17) is 10.5 Å². The molecular weight excluding hydrogens is 212 g/mol. The molecule has 17 heavy (non-hydrogen) atoms. The molecule has 0 bridgehead atoms. The third-order valence-corrected chi connectivity index (χ3v) is 3.74. The Bertz CT molecular complexity index is 372. The molecule has 1 aliphatic carbocycles. The molecule has 2 N–H and O–H groups in total. The number of methoxy groups -OCH3 is 1. The summed E-state index contributed by atoms with van der Waals surface area (Å²) in [5.41, 5.74) is 7.98. The molecule has 0 saturated heterocycles. The van der Waals surface area contributed by atoms with Gasteiger partial charge in [-0.1, -0.05) is 19.3 Å². The maximum Gasteiger partial charge on any atom is 0.121 e. The minimum atomic E-state index is 0.623. The van der Waals surface area contributed by atoms with Crippen LogP contribution in [0.4, 0.5) is 11.4 Å². The Balaban J connectivity index is 2.19. The molecule has 1 aromatic rings. The van der Waals surface area contributed by atoms with Crippen LogP contribution in [0.1, 0.15) is 32.1 Å². The predicted octanol–water partition coefficient (Wildman–Crippen LogP) is 3.05. The summed E-state index contributed by atoms with van der Waals surface area (Å²) in [5.74, 6) is 0.872. The van der Waals surface area contributed by atoms with E-state index in [1.165, 1.54) is 32.1 Å². The van der Waals surface area contributed by atoms with Crippen molar-refractivity contribution in [2.24, 2.45) is 0 Å². The Morgan fingerprint density at radius 1 is 1.24 bits per heavy atom. The van der Waals surface area contributed by atoms with E-state index in [9.17, 15) is 0 Å². The zero-order valence-electron chi connectivity index (χ0n) is 10.8. The third-order valence-electron chi connectivity index (χ3n) is 3.74. The van der Waals surface area contributed by atoms with Crippen LogP contribution in [0.2, 0.25) is 0 Å². The van der Waals surface area contributed by atoms with E-state index >= 15 is 0 Å². The smallest absolute Gasteiger partial charge is 0.121 e. The molecule has 1 aromatic carbocycles. The zero-order chi connectivity index (χ0) is 12.3. The van der Waals surface area contributed by atoms with E-state index in [1.54, 1.807) is 7.11 Å². The van der Waals surface area contributed by atoms with Crippen LogP contribution in [0, 0.1) is 0 Å². The normalized spacial score (nSPS) is 16.8. The van der Waals surface area contributed by atoms with Crippen LogP contribution in [-0.2, 0) is 0 Å². The number of benzene rings is 1. The van der Waals surface area contributed by atoms with E-state index in [-0.39, 0.29) is 0 Å². The lowest BCUT2D eigenvalue weighted by molar-refractivity contribution is 0.412. The van der Waals surface area contributed by atoms with Crippen molar-refractivity contribution in [2.75, 3.05) is 24.8 Å². The average Bonchev–Trinajstić information content (AvgIpc) is 2.39. The quantitative estimate of drug-likeness (QED) is 0.817. The minimum absolute atomic E-state index is 0.623. The molecule has 2 rings (SSSR count). The van der Waals surface area contributed by atoms with Gasteiger partial charge in [-0.25, -0.2) is 0 Å². The number of rotatable bonds is 3. The van der Waals surface area contributed by atoms with Crippen LogP contribution in [0.15, 0.2) is 18.2 Å². The van der Waals surface area contributed by atoms with Crippen LogP contribution in [0.5, 0.6) is 5.75 Å². The standard InChI is InChI=1S/C14H22N2O/c1-16(11-6-4-3-5-7-11)14-10-12(17-2)8-9-13(14)15/h8-11H,3-7,15H2,1-2H3. The van der Waals surface area contributed by atoms with Gasteiger partial charge in [0.25, 0.3) is 0 Å². The van der Waals surface area contributed by atoms with Gasteiger partial charge < -0.3 is 15.4 Å². The third kappa shape index (κ3) is 2.65. The maximum atomic E-state index is 6.05. The lowest BCUT2D eigenvalue weighted by Gasteiger charge is -2.33. The first-order chi connectivity index (χ1) is 8.22. The highest BCUT2D eigenvalue weighted by atomic mass is 16.5. The molecule has 0 spiro atoms. The SMILES string of the molecule is COc1ccc(N)c(N(C)C2CCCCC2)c1. The molecule has 0 aromatic heterocycles. The van der Waals surface area contributed by atoms with Crippen LogP contribution in [0.3, 0.4) is 0 Å². The largest absolute Gasteiger partial charge is 0.497 e. The number of nitrogens with zero attached hydrogens (tertiary/aromatic N) is 1. The Kier molecular flexibility index (Phi) is 3.77. The van der Waals surface area contributed by atoms with Gasteiger partial charge in [0.1, 0.15) is 5.75 Å². The van der Waals surface area contributed by atoms with E-state index in [0.29, 0.717) is 6.04 Å². The fraction of sp³-hybridized carbons (Fsp3) is 0.571. The van der Waals surface area contributed by atoms with Crippen molar-refractivity contribution >= 4 is 11.4 Å². The molecule has 0 heterocycles. The molecule has 1 saturated carbocycles. The summed E-state index contributed by atoms with van der Waals surface area (Å²) in [6, 6.07) is 6.49. The second kappa shape index (κ2) is 5.30. The molecule has 0 unspecified atom stereocenters. The fourth-order valence-electron chi connectivity index (χ4n) is 2.62. The van der Waals surface area contributed by atoms with Gasteiger partial charge in [0.2, 0.25) is 0 Å². The lowest BCUT2D eigenvalue weighted by Crippen LogP contribution is -2.33. The first-order valence-electron chi connectivity index (χ1n) is 6.38. The fourth-order valence-corrected chi connectivity index (χ4v) is 2.62. The van der Waals surface area contributed by atoms with Gasteiger partial charge in [-0.05, 0) is 25.0 Å². The molecular formula is C14H22N2O. The zero-order valence-corrected chi connectivity index (χ0v) is 10.8. The summed E-state index contributed by atoms with van der Waals surface area (Å²) in [7, 11) is 3.83. The summed E-state index contributed by atoms with van der Waals surface area (Å²) < 4.78 is 5.27. The van der Waals surface area contributed by atoms with E-state index in [1.807, 2.05) is 18.2 Å². The van der Waals surface area contributed by atoms with Crippen LogP contribution >= 0.6 is 0 Å². The minimum Gasteiger partial charge on any atom is -0.497 e. The monoisotopic (exact) mass is 234 g/mol. The Morgan fingerprint density at radius 2 is 1.94 bits per heavy atom. The van der Waals surface area contributed by atoms with Crippen LogP contribution in [-0.4, -0.2) is 20.2 Å². The number of hydrogen-bond donors (Lipinski definition) is 1. The summed E-state index contributed by atoms with van der Waals surface area (Å²) in [6.45, 7) is 0. The van der Waals surface area contributed by atoms with Crippen molar-refractivity contribution in [3.8, 4) is 5.75 Å². The summed E-state index contributed by atoms with van der Waals surface area (Å²) in [4.78, 5) is 2.32. The van der Waals surface area contributed by atoms with E-state index < -0.39 is 0 Å². The van der Waals surface area contributed by atoms with Crippen molar-refractivity contribution in [3.05, 3.63) is 18.2 Å². The van der Waals surface area contributed by atoms with Crippen molar-refractivity contribution in [3.63, 3.8) is 0 Å². The molecule has 1 aliphatic rings. The Hall–Kier alpha value is -1.38. The van der Waals surface area contributed by atoms with Crippen molar-refractivity contribution in [1.29, 1.82) is 0 Å². The first-order valence-corrected chi connectivity index (χ1v) is 6.38. The maximum absolute atomic E-state index is 6.05. The number of nitrogens with two attached hydrogens (primary N) is 1. The van der Waals surface area contributed by atoms with Gasteiger partial charge in [-0.2, -0.15) is 0 Å². The topological polar surface area (TPSA) is 38.5 Å². The highest BCUT2D eigenvalue weighted by Gasteiger charge is 2.19. The molecule has 0 amide bonds. The molecule has 1 fully saturated rings. The first kappa shape index (κ1) is 12.1. The second-order valence-corrected chi connectivity index (χ2v) is 4.83. The predicted molar refractivity (Wildman–Crippen MR) is 72.7 cm³/mol. The second-order valence-electron chi connectivity index (χ2n) is 4.83. The van der Waals surface area contributed by atoms with Crippen molar-refractivity contribution in [2.45, 2.75) is 38.1 Å². The molecule has 0 radical (unpaired) electrons. The summed E-state index contributed by atoms with van der Waals surface area (Å²) in [6.07, 6.45) is 6.58. The van der Waals surface area contributed by atoms with Crippen molar-refractivity contribution < 1.29 is 4.74 Å². The van der Waals surface area contributed by atoms with E-state index in [0.717, 1.165) is 17.1 Å². The molecule has 0 aliphatic heterocycles. The Morgan fingerprint density at radius 3 is 2.59 bits per heavy atom. The van der Waals surface area contributed by atoms with Gasteiger partial charge in [0.05, 0.1) is 18.5 Å². The van der Waals surface area contributed by atoms with Gasteiger partial charge in [0, 0.05) is 19.2 Å².